The number of methoxy groups -OCH3 is 1. The van der Waals surface area contributed by atoms with Crippen molar-refractivity contribution in [3.05, 3.63) is 100 Å². The van der Waals surface area contributed by atoms with E-state index in [0.29, 0.717) is 16.9 Å². The molecule has 1 N–H and O–H groups in total. The molecular weight excluding hydrogens is 775 g/mol. The molecule has 2 aromatic carbocycles. The molecule has 5 aromatic rings. The lowest BCUT2D eigenvalue weighted by Crippen LogP contribution is -2.47. The summed E-state index contributed by atoms with van der Waals surface area (Å²) in [4.78, 5) is 35.9. The number of aromatic nitrogens is 2. The van der Waals surface area contributed by atoms with Gasteiger partial charge in [-0.15, -0.1) is 11.3 Å². The van der Waals surface area contributed by atoms with E-state index < -0.39 is 27.7 Å². The van der Waals surface area contributed by atoms with Crippen LogP contribution in [-0.4, -0.2) is 79.8 Å². The highest BCUT2D eigenvalue weighted by molar-refractivity contribution is 7.90. The van der Waals surface area contributed by atoms with Crippen LogP contribution in [0.5, 0.6) is 11.5 Å². The summed E-state index contributed by atoms with van der Waals surface area (Å²) in [6, 6.07) is 17.6. The molecule has 3 aromatic heterocycles. The van der Waals surface area contributed by atoms with Gasteiger partial charge in [-0.1, -0.05) is 37.1 Å². The Kier molecular flexibility index (Phi) is 11.5. The van der Waals surface area contributed by atoms with Crippen molar-refractivity contribution < 1.29 is 32.2 Å². The summed E-state index contributed by atoms with van der Waals surface area (Å²) in [5.41, 5.74) is 5.59. The van der Waals surface area contributed by atoms with E-state index in [1.54, 1.807) is 53.8 Å². The second kappa shape index (κ2) is 16.2. The van der Waals surface area contributed by atoms with Gasteiger partial charge >= 0.3 is 12.1 Å². The number of hydrogen-bond acceptors (Lipinski definition) is 11. The highest BCUT2D eigenvalue weighted by Gasteiger charge is 2.31. The Morgan fingerprint density at radius 3 is 2.43 bits per heavy atom. The summed E-state index contributed by atoms with van der Waals surface area (Å²) in [6.45, 7) is 16.3. The van der Waals surface area contributed by atoms with E-state index in [1.165, 1.54) is 35.5 Å². The second-order valence-corrected chi connectivity index (χ2v) is 19.5. The third kappa shape index (κ3) is 9.24. The number of carbonyl (C=O) groups excluding carboxylic acids is 2. The van der Waals surface area contributed by atoms with Gasteiger partial charge in [-0.05, 0) is 100 Å². The number of allylic oxidation sites excluding steroid dienone is 1. The number of hydrogen-bond donors (Lipinski definition) is 1. The molecule has 2 aliphatic rings. The van der Waals surface area contributed by atoms with Crippen LogP contribution in [-0.2, 0) is 19.5 Å². The first kappa shape index (κ1) is 41.0. The molecule has 1 fully saturated rings. The standard InChI is InChI=1S/C44H51N5O7S2/c1-29-8-11-35(12-9-29)58(52,53)49-17-15-30-22-34(26-45-40(30)49)55-38-24-33(10-13-36(38)41(50)54-7)48-20-18-47(19-21-48)27-31-14-16-44(5,6)25-37(31)39-23-32(28-57-39)46-42(51)56-43(2,3)4/h8-13,15,17,22-24,26,28H,14,16,18-21,25,27H2,1-7H3,(H,46,51). The molecule has 1 aliphatic carbocycles. The first-order valence-corrected chi connectivity index (χ1v) is 21.8. The van der Waals surface area contributed by atoms with Crippen LogP contribution in [0.15, 0.2) is 88.9 Å². The van der Waals surface area contributed by atoms with Crippen LogP contribution in [0.2, 0.25) is 0 Å². The van der Waals surface area contributed by atoms with Crippen LogP contribution in [0.1, 0.15) is 74.7 Å². The molecule has 0 spiro atoms. The Morgan fingerprint density at radius 2 is 1.72 bits per heavy atom. The predicted molar refractivity (Wildman–Crippen MR) is 229 cm³/mol. The highest BCUT2D eigenvalue weighted by atomic mass is 32.2. The van der Waals surface area contributed by atoms with E-state index in [1.807, 2.05) is 45.2 Å². The number of nitrogens with zero attached hydrogens (tertiary/aromatic N) is 4. The summed E-state index contributed by atoms with van der Waals surface area (Å²) < 4.78 is 44.9. The molecule has 12 nitrogen and oxygen atoms in total. The lowest BCUT2D eigenvalue weighted by Gasteiger charge is -2.39. The van der Waals surface area contributed by atoms with Gasteiger partial charge in [0.25, 0.3) is 10.0 Å². The van der Waals surface area contributed by atoms with Crippen LogP contribution in [0, 0.1) is 12.3 Å². The normalized spacial score (nSPS) is 16.4. The molecule has 0 unspecified atom stereocenters. The van der Waals surface area contributed by atoms with Crippen molar-refractivity contribution in [3.63, 3.8) is 0 Å². The number of fused-ring (bicyclic) bond motifs is 1. The fourth-order valence-corrected chi connectivity index (χ4v) is 9.68. The number of aryl methyl sites for hydroxylation is 1. The molecule has 0 saturated carbocycles. The average molecular weight is 826 g/mol. The van der Waals surface area contributed by atoms with Gasteiger partial charge in [0.05, 0.1) is 23.9 Å². The molecule has 14 heteroatoms. The SMILES string of the molecule is COC(=O)c1ccc(N2CCN(CC3=C(c4cc(NC(=O)OC(C)(C)C)cs4)CC(C)(C)CC3)CC2)cc1Oc1cnc2c(ccn2S(=O)(=O)c2ccc(C)cc2)c1. The Hall–Kier alpha value is -5.18. The van der Waals surface area contributed by atoms with E-state index in [9.17, 15) is 18.0 Å². The molecule has 0 bridgehead atoms. The quantitative estimate of drug-likeness (QED) is 0.136. The Morgan fingerprint density at radius 1 is 0.983 bits per heavy atom. The number of thiophene rings is 1. The number of esters is 1. The third-order valence-electron chi connectivity index (χ3n) is 10.5. The minimum absolute atomic E-state index is 0.168. The van der Waals surface area contributed by atoms with E-state index in [0.717, 1.165) is 72.9 Å². The number of nitrogens with one attached hydrogen (secondary N) is 1. The maximum absolute atomic E-state index is 13.4. The van der Waals surface area contributed by atoms with Crippen molar-refractivity contribution in [1.82, 2.24) is 13.9 Å². The van der Waals surface area contributed by atoms with Gasteiger partial charge in [0.1, 0.15) is 22.7 Å². The lowest BCUT2D eigenvalue weighted by atomic mass is 9.74. The maximum Gasteiger partial charge on any atom is 0.412 e. The summed E-state index contributed by atoms with van der Waals surface area (Å²) >= 11 is 1.66. The minimum atomic E-state index is -3.87. The van der Waals surface area contributed by atoms with Crippen molar-refractivity contribution in [1.29, 1.82) is 0 Å². The van der Waals surface area contributed by atoms with Gasteiger partial charge < -0.3 is 19.1 Å². The number of benzene rings is 2. The molecule has 0 atom stereocenters. The molecule has 1 aliphatic heterocycles. The van der Waals surface area contributed by atoms with Crippen LogP contribution in [0.3, 0.4) is 0 Å². The van der Waals surface area contributed by atoms with Gasteiger partial charge in [-0.25, -0.2) is 27.0 Å². The summed E-state index contributed by atoms with van der Waals surface area (Å²) in [7, 11) is -2.54. The zero-order chi connectivity index (χ0) is 41.4. The van der Waals surface area contributed by atoms with Crippen molar-refractivity contribution in [2.45, 2.75) is 71.3 Å². The number of ether oxygens (including phenoxy) is 3. The number of piperazine rings is 1. The van der Waals surface area contributed by atoms with Crippen molar-refractivity contribution >= 4 is 61.4 Å². The molecule has 0 radical (unpaired) electrons. The van der Waals surface area contributed by atoms with Gasteiger partial charge in [0, 0.05) is 66.3 Å². The van der Waals surface area contributed by atoms with E-state index in [4.69, 9.17) is 14.2 Å². The zero-order valence-corrected chi connectivity index (χ0v) is 35.8. The fraction of sp³-hybridized carbons (Fsp3) is 0.386. The molecule has 7 rings (SSSR count). The van der Waals surface area contributed by atoms with E-state index in [-0.39, 0.29) is 21.5 Å². The fourth-order valence-electron chi connectivity index (χ4n) is 7.43. The highest BCUT2D eigenvalue weighted by Crippen LogP contribution is 2.45. The van der Waals surface area contributed by atoms with Gasteiger partial charge in [-0.3, -0.25) is 10.2 Å². The Bertz CT molecular complexity index is 2470. The van der Waals surface area contributed by atoms with Crippen LogP contribution in [0.4, 0.5) is 16.2 Å². The Labute approximate surface area is 344 Å². The van der Waals surface area contributed by atoms with Crippen LogP contribution in [0.25, 0.3) is 16.6 Å². The average Bonchev–Trinajstić information content (AvgIpc) is 3.82. The molecule has 58 heavy (non-hydrogen) atoms. The third-order valence-corrected chi connectivity index (χ3v) is 13.2. The number of pyridine rings is 1. The number of rotatable bonds is 10. The van der Waals surface area contributed by atoms with Gasteiger partial charge in [0.2, 0.25) is 0 Å². The van der Waals surface area contributed by atoms with E-state index >= 15 is 0 Å². The summed E-state index contributed by atoms with van der Waals surface area (Å²) in [5, 5.41) is 5.45. The van der Waals surface area contributed by atoms with Gasteiger partial charge in [-0.2, -0.15) is 0 Å². The topological polar surface area (TPSA) is 132 Å². The second-order valence-electron chi connectivity index (χ2n) is 16.8. The Balaban J connectivity index is 1.05. The lowest BCUT2D eigenvalue weighted by molar-refractivity contribution is 0.0595. The minimum Gasteiger partial charge on any atom is -0.465 e. The monoisotopic (exact) mass is 825 g/mol. The summed E-state index contributed by atoms with van der Waals surface area (Å²) in [6.07, 6.45) is 5.61. The number of carbonyl (C=O) groups is 2. The maximum atomic E-state index is 13.4. The zero-order valence-electron chi connectivity index (χ0n) is 34.1. The first-order chi connectivity index (χ1) is 27.5. The van der Waals surface area contributed by atoms with Gasteiger partial charge in [0.15, 0.2) is 5.65 Å². The molecule has 306 valence electrons. The molecule has 1 amide bonds. The number of anilines is 2. The smallest absolute Gasteiger partial charge is 0.412 e. The molecule has 4 heterocycles. The summed E-state index contributed by atoms with van der Waals surface area (Å²) in [5.74, 6) is 0.132. The first-order valence-electron chi connectivity index (χ1n) is 19.4. The number of amides is 1. The molecular formula is C44H51N5O7S2. The van der Waals surface area contributed by atoms with Crippen LogP contribution >= 0.6 is 11.3 Å². The van der Waals surface area contributed by atoms with Crippen LogP contribution < -0.4 is 15.0 Å². The van der Waals surface area contributed by atoms with Crippen molar-refractivity contribution in [2.24, 2.45) is 5.41 Å². The van der Waals surface area contributed by atoms with Crippen molar-refractivity contribution in [3.8, 4) is 11.5 Å². The van der Waals surface area contributed by atoms with E-state index in [2.05, 4.69) is 40.0 Å². The largest absolute Gasteiger partial charge is 0.465 e. The van der Waals surface area contributed by atoms with Crippen molar-refractivity contribution in [2.75, 3.05) is 50.1 Å². The predicted octanol–water partition coefficient (Wildman–Crippen LogP) is 9.36. The molecule has 1 saturated heterocycles.